The van der Waals surface area contributed by atoms with Gasteiger partial charge in [-0.2, -0.15) is 8.78 Å². The van der Waals surface area contributed by atoms with Crippen LogP contribution in [-0.2, 0) is 25.6 Å². The molecule has 0 radical (unpaired) electrons. The Hall–Kier alpha value is -2.42. The lowest BCUT2D eigenvalue weighted by atomic mass is 10.2. The molecule has 1 aromatic rings. The first-order valence-corrected chi connectivity index (χ1v) is 6.49. The highest BCUT2D eigenvalue weighted by Crippen LogP contribution is 2.29. The van der Waals surface area contributed by atoms with Gasteiger partial charge in [-0.05, 0) is 17.7 Å². The Kier molecular flexibility index (Phi) is 7.75. The van der Waals surface area contributed by atoms with Gasteiger partial charge in [-0.15, -0.1) is 0 Å². The summed E-state index contributed by atoms with van der Waals surface area (Å²) in [6.45, 7) is -3.54. The summed E-state index contributed by atoms with van der Waals surface area (Å²) in [4.78, 5) is 22.5. The highest BCUT2D eigenvalue weighted by molar-refractivity contribution is 5.80. The van der Waals surface area contributed by atoms with Crippen molar-refractivity contribution >= 4 is 11.9 Å². The number of carbonyl (C=O) groups is 2. The summed E-state index contributed by atoms with van der Waals surface area (Å²) in [6.07, 6.45) is 0. The van der Waals surface area contributed by atoms with E-state index in [1.807, 2.05) is 0 Å². The van der Waals surface area contributed by atoms with E-state index in [0.717, 1.165) is 0 Å². The van der Waals surface area contributed by atoms with Crippen molar-refractivity contribution in [3.05, 3.63) is 23.8 Å². The predicted octanol–water partition coefficient (Wildman–Crippen LogP) is 1.10. The molecule has 0 fully saturated rings. The van der Waals surface area contributed by atoms with Gasteiger partial charge in [-0.25, -0.2) is 4.79 Å². The average Bonchev–Trinajstić information content (AvgIpc) is 2.51. The van der Waals surface area contributed by atoms with Crippen molar-refractivity contribution in [2.75, 3.05) is 27.4 Å². The van der Waals surface area contributed by atoms with Crippen LogP contribution in [-0.4, -0.2) is 45.9 Å². The summed E-state index contributed by atoms with van der Waals surface area (Å²) in [6, 6.07) is 4.26. The molecule has 128 valence electrons. The Morgan fingerprint density at radius 1 is 1.17 bits per heavy atom. The zero-order valence-electron chi connectivity index (χ0n) is 12.6. The van der Waals surface area contributed by atoms with E-state index in [0.29, 0.717) is 5.56 Å². The standard InChI is InChI=1S/C14H17F2NO6/c1-20-8-13(19)22-7-12(18)17-6-9-3-4-10(23-14(15)16)11(5-9)21-2/h3-5,14H,6-8H2,1-2H3,(H,17,18). The lowest BCUT2D eigenvalue weighted by molar-refractivity contribution is -0.152. The molecule has 0 heterocycles. The van der Waals surface area contributed by atoms with Crippen molar-refractivity contribution < 1.29 is 37.3 Å². The molecule has 1 amide bonds. The zero-order chi connectivity index (χ0) is 17.2. The summed E-state index contributed by atoms with van der Waals surface area (Å²) in [5.41, 5.74) is 0.597. The van der Waals surface area contributed by atoms with Gasteiger partial charge in [0.2, 0.25) is 0 Å². The number of benzene rings is 1. The van der Waals surface area contributed by atoms with Crippen LogP contribution in [0.1, 0.15) is 5.56 Å². The molecular weight excluding hydrogens is 316 g/mol. The number of carbonyl (C=O) groups excluding carboxylic acids is 2. The maximum absolute atomic E-state index is 12.2. The number of ether oxygens (including phenoxy) is 4. The molecule has 23 heavy (non-hydrogen) atoms. The molecular formula is C14H17F2NO6. The fraction of sp³-hybridized carbons (Fsp3) is 0.429. The topological polar surface area (TPSA) is 83.1 Å². The Morgan fingerprint density at radius 3 is 2.52 bits per heavy atom. The van der Waals surface area contributed by atoms with Crippen LogP contribution in [0.15, 0.2) is 18.2 Å². The molecule has 1 rings (SSSR count). The van der Waals surface area contributed by atoms with Gasteiger partial charge in [0, 0.05) is 13.7 Å². The number of halogens is 2. The van der Waals surface area contributed by atoms with Gasteiger partial charge in [0.25, 0.3) is 5.91 Å². The van der Waals surface area contributed by atoms with E-state index in [4.69, 9.17) is 4.74 Å². The van der Waals surface area contributed by atoms with Gasteiger partial charge in [0.1, 0.15) is 6.61 Å². The number of esters is 1. The van der Waals surface area contributed by atoms with Gasteiger partial charge in [-0.1, -0.05) is 6.07 Å². The van der Waals surface area contributed by atoms with Crippen LogP contribution >= 0.6 is 0 Å². The molecule has 0 spiro atoms. The number of amides is 1. The SMILES string of the molecule is COCC(=O)OCC(=O)NCc1ccc(OC(F)F)c(OC)c1. The number of nitrogens with one attached hydrogen (secondary N) is 1. The van der Waals surface area contributed by atoms with Crippen LogP contribution in [0, 0.1) is 0 Å². The van der Waals surface area contributed by atoms with E-state index >= 15 is 0 Å². The Balaban J connectivity index is 2.51. The maximum atomic E-state index is 12.2. The fourth-order valence-corrected chi connectivity index (χ4v) is 1.57. The molecule has 1 aromatic carbocycles. The minimum atomic E-state index is -2.96. The van der Waals surface area contributed by atoms with Crippen LogP contribution in [0.5, 0.6) is 11.5 Å². The van der Waals surface area contributed by atoms with E-state index in [1.54, 1.807) is 0 Å². The second kappa shape index (κ2) is 9.57. The molecule has 1 N–H and O–H groups in total. The van der Waals surface area contributed by atoms with Crippen LogP contribution < -0.4 is 14.8 Å². The smallest absolute Gasteiger partial charge is 0.387 e. The van der Waals surface area contributed by atoms with Crippen molar-refractivity contribution in [3.63, 3.8) is 0 Å². The van der Waals surface area contributed by atoms with E-state index < -0.39 is 25.1 Å². The number of hydrogen-bond acceptors (Lipinski definition) is 6. The first-order valence-electron chi connectivity index (χ1n) is 6.49. The number of rotatable bonds is 9. The van der Waals surface area contributed by atoms with E-state index in [2.05, 4.69) is 19.5 Å². The Labute approximate surface area is 131 Å². The minimum Gasteiger partial charge on any atom is -0.493 e. The highest BCUT2D eigenvalue weighted by atomic mass is 19.3. The second-order valence-electron chi connectivity index (χ2n) is 4.23. The van der Waals surface area contributed by atoms with Crippen molar-refractivity contribution in [1.29, 1.82) is 0 Å². The van der Waals surface area contributed by atoms with Crippen molar-refractivity contribution in [2.45, 2.75) is 13.2 Å². The monoisotopic (exact) mass is 333 g/mol. The average molecular weight is 333 g/mol. The summed E-state index contributed by atoms with van der Waals surface area (Å²) >= 11 is 0. The summed E-state index contributed by atoms with van der Waals surface area (Å²) in [5, 5.41) is 2.51. The van der Waals surface area contributed by atoms with Crippen LogP contribution in [0.2, 0.25) is 0 Å². The van der Waals surface area contributed by atoms with Crippen LogP contribution in [0.4, 0.5) is 8.78 Å². The molecule has 0 unspecified atom stereocenters. The molecule has 0 atom stereocenters. The van der Waals surface area contributed by atoms with Gasteiger partial charge >= 0.3 is 12.6 Å². The first-order chi connectivity index (χ1) is 11.0. The molecule has 0 bridgehead atoms. The lowest BCUT2D eigenvalue weighted by Crippen LogP contribution is -2.29. The molecule has 9 heteroatoms. The van der Waals surface area contributed by atoms with Gasteiger partial charge in [0.15, 0.2) is 18.1 Å². The largest absolute Gasteiger partial charge is 0.493 e. The van der Waals surface area contributed by atoms with Crippen LogP contribution in [0.25, 0.3) is 0 Å². The maximum Gasteiger partial charge on any atom is 0.387 e. The third kappa shape index (κ3) is 6.92. The molecule has 0 aromatic heterocycles. The van der Waals surface area contributed by atoms with Crippen molar-refractivity contribution in [2.24, 2.45) is 0 Å². The molecule has 0 saturated carbocycles. The predicted molar refractivity (Wildman–Crippen MR) is 74.3 cm³/mol. The van der Waals surface area contributed by atoms with E-state index in [-0.39, 0.29) is 24.7 Å². The quantitative estimate of drug-likeness (QED) is 0.682. The first kappa shape index (κ1) is 18.6. The third-order valence-electron chi connectivity index (χ3n) is 2.56. The highest BCUT2D eigenvalue weighted by Gasteiger charge is 2.12. The normalized spacial score (nSPS) is 10.3. The molecule has 0 aliphatic rings. The summed E-state index contributed by atoms with van der Waals surface area (Å²) in [5.74, 6) is -1.16. The Morgan fingerprint density at radius 2 is 1.91 bits per heavy atom. The fourth-order valence-electron chi connectivity index (χ4n) is 1.57. The summed E-state index contributed by atoms with van der Waals surface area (Å²) < 4.78 is 42.8. The molecule has 0 aliphatic heterocycles. The molecule has 7 nitrogen and oxygen atoms in total. The number of hydrogen-bond donors (Lipinski definition) is 1. The Bertz CT molecular complexity index is 538. The lowest BCUT2D eigenvalue weighted by Gasteiger charge is -2.12. The van der Waals surface area contributed by atoms with Gasteiger partial charge in [-0.3, -0.25) is 4.79 Å². The third-order valence-corrected chi connectivity index (χ3v) is 2.56. The van der Waals surface area contributed by atoms with Crippen molar-refractivity contribution in [3.8, 4) is 11.5 Å². The van der Waals surface area contributed by atoms with E-state index in [1.165, 1.54) is 32.4 Å². The molecule has 0 saturated heterocycles. The van der Waals surface area contributed by atoms with Crippen molar-refractivity contribution in [1.82, 2.24) is 5.32 Å². The second-order valence-corrected chi connectivity index (χ2v) is 4.23. The summed E-state index contributed by atoms with van der Waals surface area (Å²) in [7, 11) is 2.64. The van der Waals surface area contributed by atoms with Gasteiger partial charge in [0.05, 0.1) is 7.11 Å². The minimum absolute atomic E-state index is 0.103. The van der Waals surface area contributed by atoms with Crippen LogP contribution in [0.3, 0.4) is 0 Å². The number of methoxy groups -OCH3 is 2. The molecule has 0 aliphatic carbocycles. The van der Waals surface area contributed by atoms with E-state index in [9.17, 15) is 18.4 Å². The number of alkyl halides is 2. The zero-order valence-corrected chi connectivity index (χ0v) is 12.6. The van der Waals surface area contributed by atoms with Gasteiger partial charge < -0.3 is 24.3 Å².